The molecule has 18 heavy (non-hydrogen) atoms. The molecule has 1 saturated heterocycles. The van der Waals surface area contributed by atoms with Crippen molar-refractivity contribution >= 4 is 17.4 Å². The Morgan fingerprint density at radius 3 is 2.72 bits per heavy atom. The second kappa shape index (κ2) is 5.85. The summed E-state index contributed by atoms with van der Waals surface area (Å²) in [5.74, 6) is 0.0530. The van der Waals surface area contributed by atoms with Crippen LogP contribution in [0.2, 0.25) is 5.02 Å². The average molecular weight is 272 g/mol. The molecular weight excluding hydrogens is 253 g/mol. The summed E-state index contributed by atoms with van der Waals surface area (Å²) in [6.45, 7) is 5.40. The van der Waals surface area contributed by atoms with E-state index in [1.54, 1.807) is 0 Å². The van der Waals surface area contributed by atoms with Crippen molar-refractivity contribution in [2.45, 2.75) is 25.8 Å². The molecule has 100 valence electrons. The van der Waals surface area contributed by atoms with Crippen molar-refractivity contribution in [2.75, 3.05) is 31.6 Å². The lowest BCUT2D eigenvalue weighted by Crippen LogP contribution is -2.43. The number of likely N-dealkylation sites (tertiary alicyclic amines) is 1. The summed E-state index contributed by atoms with van der Waals surface area (Å²) in [7, 11) is 1.91. The molecule has 1 fully saturated rings. The predicted molar refractivity (Wildman–Crippen MR) is 72.7 cm³/mol. The molecule has 1 aromatic heterocycles. The highest BCUT2D eigenvalue weighted by Crippen LogP contribution is 2.24. The molecule has 2 heterocycles. The van der Waals surface area contributed by atoms with Crippen LogP contribution in [0.4, 0.5) is 10.2 Å². The number of aromatic nitrogens is 1. The van der Waals surface area contributed by atoms with Crippen molar-refractivity contribution in [3.63, 3.8) is 0 Å². The second-order valence-electron chi connectivity index (χ2n) is 4.74. The Hall–Kier alpha value is -0.870. The number of halogens is 2. The summed E-state index contributed by atoms with van der Waals surface area (Å²) in [5.41, 5.74) is 0. The maximum atomic E-state index is 13.8. The van der Waals surface area contributed by atoms with Gasteiger partial charge in [0, 0.05) is 32.4 Å². The fourth-order valence-corrected chi connectivity index (χ4v) is 2.61. The third kappa shape index (κ3) is 2.93. The topological polar surface area (TPSA) is 19.4 Å². The van der Waals surface area contributed by atoms with Crippen LogP contribution in [0, 0.1) is 5.82 Å². The average Bonchev–Trinajstić information content (AvgIpc) is 2.38. The van der Waals surface area contributed by atoms with E-state index in [0.29, 0.717) is 16.9 Å². The van der Waals surface area contributed by atoms with Crippen molar-refractivity contribution in [3.8, 4) is 0 Å². The van der Waals surface area contributed by atoms with Gasteiger partial charge in [0.2, 0.25) is 0 Å². The highest BCUT2D eigenvalue weighted by Gasteiger charge is 2.24. The van der Waals surface area contributed by atoms with Crippen LogP contribution in [-0.2, 0) is 0 Å². The molecular formula is C13H19ClFN3. The number of pyridine rings is 1. The number of anilines is 1. The Bertz CT molecular complexity index is 405. The third-order valence-corrected chi connectivity index (χ3v) is 3.88. The lowest BCUT2D eigenvalue weighted by Gasteiger charge is -2.36. The molecule has 1 aliphatic rings. The van der Waals surface area contributed by atoms with E-state index >= 15 is 0 Å². The molecule has 0 spiro atoms. The lowest BCUT2D eigenvalue weighted by molar-refractivity contribution is 0.220. The van der Waals surface area contributed by atoms with E-state index in [9.17, 15) is 4.39 Å². The van der Waals surface area contributed by atoms with E-state index in [4.69, 9.17) is 11.6 Å². The Balaban J connectivity index is 2.05. The Labute approximate surface area is 113 Å². The molecule has 2 rings (SSSR count). The molecule has 0 aromatic carbocycles. The molecule has 3 nitrogen and oxygen atoms in total. The van der Waals surface area contributed by atoms with Crippen molar-refractivity contribution in [2.24, 2.45) is 0 Å². The van der Waals surface area contributed by atoms with E-state index in [0.717, 1.165) is 32.5 Å². The van der Waals surface area contributed by atoms with Crippen LogP contribution >= 0.6 is 11.6 Å². The van der Waals surface area contributed by atoms with Crippen molar-refractivity contribution in [3.05, 3.63) is 23.1 Å². The van der Waals surface area contributed by atoms with Crippen LogP contribution in [0.15, 0.2) is 12.3 Å². The molecule has 0 amide bonds. The first-order chi connectivity index (χ1) is 8.61. The quantitative estimate of drug-likeness (QED) is 0.843. The number of piperidine rings is 1. The molecule has 0 saturated carbocycles. The van der Waals surface area contributed by atoms with Crippen molar-refractivity contribution in [1.82, 2.24) is 9.88 Å². The van der Waals surface area contributed by atoms with Crippen LogP contribution in [-0.4, -0.2) is 42.6 Å². The molecule has 1 aliphatic heterocycles. The molecule has 5 heteroatoms. The van der Waals surface area contributed by atoms with E-state index in [-0.39, 0.29) is 5.82 Å². The smallest absolute Gasteiger partial charge is 0.167 e. The number of rotatable bonds is 3. The van der Waals surface area contributed by atoms with Gasteiger partial charge in [0.05, 0.1) is 5.02 Å². The second-order valence-corrected chi connectivity index (χ2v) is 5.17. The zero-order valence-electron chi connectivity index (χ0n) is 10.9. The van der Waals surface area contributed by atoms with Gasteiger partial charge in [-0.05, 0) is 25.5 Å². The summed E-state index contributed by atoms with van der Waals surface area (Å²) in [6, 6.07) is 1.68. The lowest BCUT2D eigenvalue weighted by atomic mass is 10.0. The van der Waals surface area contributed by atoms with Crippen molar-refractivity contribution in [1.29, 1.82) is 0 Å². The first-order valence-corrected chi connectivity index (χ1v) is 6.76. The van der Waals surface area contributed by atoms with Gasteiger partial charge in [0.15, 0.2) is 11.6 Å². The van der Waals surface area contributed by atoms with Gasteiger partial charge in [0.25, 0.3) is 0 Å². The zero-order chi connectivity index (χ0) is 13.1. The number of hydrogen-bond donors (Lipinski definition) is 0. The highest BCUT2D eigenvalue weighted by atomic mass is 35.5. The molecule has 0 N–H and O–H groups in total. The van der Waals surface area contributed by atoms with Crippen molar-refractivity contribution < 1.29 is 4.39 Å². The molecule has 0 bridgehead atoms. The van der Waals surface area contributed by atoms with E-state index < -0.39 is 0 Å². The van der Waals surface area contributed by atoms with Crippen LogP contribution in [0.25, 0.3) is 0 Å². The maximum Gasteiger partial charge on any atom is 0.167 e. The standard InChI is InChI=1S/C13H19ClFN3/c1-3-18-6-4-11(5-7-18)17(2)13-12(15)8-10(14)9-16-13/h8-9,11H,3-7H2,1-2H3. The molecule has 0 unspecified atom stereocenters. The minimum Gasteiger partial charge on any atom is -0.354 e. The number of nitrogens with zero attached hydrogens (tertiary/aromatic N) is 3. The van der Waals surface area contributed by atoms with Crippen LogP contribution in [0.3, 0.4) is 0 Å². The molecule has 0 aliphatic carbocycles. The van der Waals surface area contributed by atoms with E-state index in [1.165, 1.54) is 12.3 Å². The van der Waals surface area contributed by atoms with Gasteiger partial charge in [0.1, 0.15) is 0 Å². The Morgan fingerprint density at radius 2 is 2.17 bits per heavy atom. The fourth-order valence-electron chi connectivity index (χ4n) is 2.46. The summed E-state index contributed by atoms with van der Waals surface area (Å²) < 4.78 is 13.8. The molecule has 0 atom stereocenters. The SMILES string of the molecule is CCN1CCC(N(C)c2ncc(Cl)cc2F)CC1. The van der Waals surface area contributed by atoms with Crippen LogP contribution in [0.1, 0.15) is 19.8 Å². The first-order valence-electron chi connectivity index (χ1n) is 6.38. The minimum atomic E-state index is -0.345. The summed E-state index contributed by atoms with van der Waals surface area (Å²) in [5, 5.41) is 0.338. The molecule has 0 radical (unpaired) electrons. The van der Waals surface area contributed by atoms with Gasteiger partial charge in [-0.1, -0.05) is 18.5 Å². The summed E-state index contributed by atoms with van der Waals surface area (Å²) >= 11 is 5.72. The third-order valence-electron chi connectivity index (χ3n) is 3.67. The minimum absolute atomic E-state index is 0.338. The fraction of sp³-hybridized carbons (Fsp3) is 0.615. The van der Waals surface area contributed by atoms with Gasteiger partial charge >= 0.3 is 0 Å². The summed E-state index contributed by atoms with van der Waals surface area (Å²) in [4.78, 5) is 8.45. The molecule has 1 aromatic rings. The normalized spacial score (nSPS) is 18.0. The Morgan fingerprint density at radius 1 is 1.50 bits per heavy atom. The largest absolute Gasteiger partial charge is 0.354 e. The number of hydrogen-bond acceptors (Lipinski definition) is 3. The van der Waals surface area contributed by atoms with Gasteiger partial charge < -0.3 is 9.80 Å². The van der Waals surface area contributed by atoms with Gasteiger partial charge in [-0.2, -0.15) is 0 Å². The monoisotopic (exact) mass is 271 g/mol. The highest BCUT2D eigenvalue weighted by molar-refractivity contribution is 6.30. The van der Waals surface area contributed by atoms with Crippen LogP contribution in [0.5, 0.6) is 0 Å². The Kier molecular flexibility index (Phi) is 4.40. The maximum absolute atomic E-state index is 13.8. The van der Waals surface area contributed by atoms with Gasteiger partial charge in [-0.25, -0.2) is 9.37 Å². The van der Waals surface area contributed by atoms with E-state index in [1.807, 2.05) is 11.9 Å². The predicted octanol–water partition coefficient (Wildman–Crippen LogP) is 2.79. The van der Waals surface area contributed by atoms with Crippen LogP contribution < -0.4 is 4.90 Å². The zero-order valence-corrected chi connectivity index (χ0v) is 11.6. The van der Waals surface area contributed by atoms with Gasteiger partial charge in [-0.15, -0.1) is 0 Å². The first kappa shape index (κ1) is 13.6. The summed E-state index contributed by atoms with van der Waals surface area (Å²) in [6.07, 6.45) is 3.60. The van der Waals surface area contributed by atoms with E-state index in [2.05, 4.69) is 16.8 Å². The van der Waals surface area contributed by atoms with Gasteiger partial charge in [-0.3, -0.25) is 0 Å².